The zero-order valence-electron chi connectivity index (χ0n) is 26.2. The van der Waals surface area contributed by atoms with Gasteiger partial charge in [-0.3, -0.25) is 14.7 Å². The number of anilines is 2. The van der Waals surface area contributed by atoms with Gasteiger partial charge in [-0.15, -0.1) is 0 Å². The predicted octanol–water partition coefficient (Wildman–Crippen LogP) is 4.85. The van der Waals surface area contributed by atoms with Gasteiger partial charge in [0.1, 0.15) is 22.1 Å². The molecule has 2 saturated heterocycles. The molecule has 0 saturated carbocycles. The molecule has 12 heteroatoms. The van der Waals surface area contributed by atoms with E-state index in [1.54, 1.807) is 30.6 Å². The Hall–Kier alpha value is -5.12. The second-order valence-electron chi connectivity index (χ2n) is 11.6. The summed E-state index contributed by atoms with van der Waals surface area (Å²) in [5, 5.41) is 0. The minimum atomic E-state index is -4.55. The van der Waals surface area contributed by atoms with Gasteiger partial charge in [-0.25, -0.2) is 17.6 Å². The third-order valence-electron chi connectivity index (χ3n) is 9.37. The molecule has 0 bridgehead atoms. The summed E-state index contributed by atoms with van der Waals surface area (Å²) < 4.78 is 47.3. The largest absolute Gasteiger partial charge is 0.497 e. The van der Waals surface area contributed by atoms with Crippen LogP contribution in [0, 0.1) is 12.5 Å². The number of amides is 1. The maximum atomic E-state index is 15.4. The number of aromatic nitrogens is 1. The summed E-state index contributed by atoms with van der Waals surface area (Å²) in [7, 11) is -1.70. The van der Waals surface area contributed by atoms with Gasteiger partial charge >= 0.3 is 0 Å². The van der Waals surface area contributed by atoms with Crippen molar-refractivity contribution >= 4 is 33.0 Å². The molecule has 240 valence electrons. The van der Waals surface area contributed by atoms with Crippen LogP contribution in [-0.2, 0) is 20.4 Å². The van der Waals surface area contributed by atoms with E-state index in [1.807, 2.05) is 37.3 Å². The van der Waals surface area contributed by atoms with Crippen molar-refractivity contribution in [2.45, 2.75) is 23.4 Å². The second-order valence-corrected chi connectivity index (χ2v) is 13.4. The summed E-state index contributed by atoms with van der Waals surface area (Å²) >= 11 is 0. The Kier molecular flexibility index (Phi) is 7.53. The second kappa shape index (κ2) is 11.6. The number of hydrogen-bond donors (Lipinski definition) is 0. The van der Waals surface area contributed by atoms with Crippen molar-refractivity contribution in [3.63, 3.8) is 0 Å². The summed E-state index contributed by atoms with van der Waals surface area (Å²) in [5.74, 6) is 0.474. The Morgan fingerprint density at radius 2 is 1.72 bits per heavy atom. The number of sulfonamides is 1. The first kappa shape index (κ1) is 30.5. The highest BCUT2D eigenvalue weighted by Gasteiger charge is 2.66. The molecule has 1 amide bonds. The molecule has 4 heterocycles. The highest BCUT2D eigenvalue weighted by Crippen LogP contribution is 2.57. The van der Waals surface area contributed by atoms with Crippen molar-refractivity contribution in [2.75, 3.05) is 49.7 Å². The first-order valence-electron chi connectivity index (χ1n) is 15.3. The van der Waals surface area contributed by atoms with Crippen LogP contribution in [0.25, 0.3) is 4.85 Å². The molecule has 4 aromatic rings. The first-order chi connectivity index (χ1) is 22.8. The van der Waals surface area contributed by atoms with E-state index in [-0.39, 0.29) is 34.0 Å². The lowest BCUT2D eigenvalue weighted by atomic mass is 9.75. The van der Waals surface area contributed by atoms with Gasteiger partial charge in [0, 0.05) is 66.9 Å². The molecule has 0 N–H and O–H groups in total. The maximum Gasteiger partial charge on any atom is 0.274 e. The number of carbonyl (C=O) groups excluding carboxylic acids is 1. The van der Waals surface area contributed by atoms with Gasteiger partial charge in [0.15, 0.2) is 11.2 Å². The first-order valence-corrected chi connectivity index (χ1v) is 16.7. The molecule has 7 rings (SSSR count). The molecule has 2 fully saturated rings. The summed E-state index contributed by atoms with van der Waals surface area (Å²) in [6.07, 6.45) is 3.51. The van der Waals surface area contributed by atoms with Crippen LogP contribution < -0.4 is 23.4 Å². The monoisotopic (exact) mass is 651 g/mol. The number of hydrogen-bond acceptors (Lipinski definition) is 9. The van der Waals surface area contributed by atoms with Gasteiger partial charge in [0.25, 0.3) is 15.9 Å². The molecule has 0 spiro atoms. The fraction of sp³-hybridized carbons (Fsp3) is 0.286. The minimum Gasteiger partial charge on any atom is -0.497 e. The van der Waals surface area contributed by atoms with Gasteiger partial charge in [-0.1, -0.05) is 24.3 Å². The van der Waals surface area contributed by atoms with E-state index >= 15 is 4.79 Å². The van der Waals surface area contributed by atoms with Crippen molar-refractivity contribution in [3.05, 3.63) is 108 Å². The predicted molar refractivity (Wildman–Crippen MR) is 176 cm³/mol. The maximum absolute atomic E-state index is 15.4. The molecule has 3 aliphatic rings. The molecule has 1 aromatic heterocycles. The third-order valence-corrected chi connectivity index (χ3v) is 11.1. The van der Waals surface area contributed by atoms with Gasteiger partial charge in [0.2, 0.25) is 0 Å². The van der Waals surface area contributed by atoms with E-state index in [9.17, 15) is 8.42 Å². The van der Waals surface area contributed by atoms with Gasteiger partial charge in [-0.05, 0) is 49.4 Å². The summed E-state index contributed by atoms with van der Waals surface area (Å²) in [5.41, 5.74) is 0.833. The van der Waals surface area contributed by atoms with Crippen molar-refractivity contribution in [1.29, 1.82) is 0 Å². The highest BCUT2D eigenvalue weighted by molar-refractivity contribution is 7.93. The van der Waals surface area contributed by atoms with Crippen LogP contribution in [0.5, 0.6) is 17.2 Å². The van der Waals surface area contributed by atoms with Gasteiger partial charge < -0.3 is 19.1 Å². The molecule has 11 nitrogen and oxygen atoms in total. The molecule has 0 aliphatic carbocycles. The average Bonchev–Trinajstić information content (AvgIpc) is 3.56. The van der Waals surface area contributed by atoms with Crippen molar-refractivity contribution in [2.24, 2.45) is 5.92 Å². The zero-order valence-corrected chi connectivity index (χ0v) is 27.0. The lowest BCUT2D eigenvalue weighted by Gasteiger charge is -2.53. The number of methoxy groups -OCH3 is 2. The number of carbonyl (C=O) groups is 1. The molecule has 47 heavy (non-hydrogen) atoms. The average molecular weight is 652 g/mol. The van der Waals surface area contributed by atoms with Gasteiger partial charge in [-0.2, -0.15) is 0 Å². The SMILES string of the molecule is [C-]#[N+]c1ccc2c(c1)[C@](c1ccccc1OCC)(N1C[C@H]3CN(c4ccncc4)C[C@H]31)C(=O)N2S(=O)(=O)c1ccc(OC)cc1OC. The van der Waals surface area contributed by atoms with Crippen molar-refractivity contribution < 1.29 is 27.4 Å². The van der Waals surface area contributed by atoms with Crippen LogP contribution in [0.15, 0.2) is 90.1 Å². The van der Waals surface area contributed by atoms with Crippen LogP contribution in [0.4, 0.5) is 17.1 Å². The van der Waals surface area contributed by atoms with Crippen LogP contribution >= 0.6 is 0 Å². The number of ether oxygens (including phenoxy) is 3. The summed E-state index contributed by atoms with van der Waals surface area (Å²) in [4.78, 5) is 27.5. The number of nitrogens with zero attached hydrogens (tertiary/aromatic N) is 5. The van der Waals surface area contributed by atoms with E-state index < -0.39 is 21.5 Å². The normalized spacial score (nSPS) is 21.9. The molecular formula is C35H33N5O6S. The Balaban J connectivity index is 1.45. The van der Waals surface area contributed by atoms with Crippen molar-refractivity contribution in [3.8, 4) is 17.2 Å². The van der Waals surface area contributed by atoms with Gasteiger partial charge in [0.05, 0.1) is 33.1 Å². The van der Waals surface area contributed by atoms with Crippen LogP contribution in [0.1, 0.15) is 18.1 Å². The lowest BCUT2D eigenvalue weighted by Crippen LogP contribution is -2.67. The fourth-order valence-electron chi connectivity index (χ4n) is 7.28. The summed E-state index contributed by atoms with van der Waals surface area (Å²) in [6.45, 7) is 12.0. The van der Waals surface area contributed by atoms with Crippen molar-refractivity contribution in [1.82, 2.24) is 9.88 Å². The van der Waals surface area contributed by atoms with E-state index in [1.165, 1.54) is 38.5 Å². The smallest absolute Gasteiger partial charge is 0.274 e. The number of fused-ring (bicyclic) bond motifs is 2. The quantitative estimate of drug-likeness (QED) is 0.235. The minimum absolute atomic E-state index is 0.0384. The van der Waals surface area contributed by atoms with Crippen LogP contribution in [0.3, 0.4) is 0 Å². The number of para-hydroxylation sites is 1. The Morgan fingerprint density at radius 1 is 0.936 bits per heavy atom. The van der Waals surface area contributed by atoms with E-state index in [0.29, 0.717) is 42.3 Å². The lowest BCUT2D eigenvalue weighted by molar-refractivity contribution is -0.134. The van der Waals surface area contributed by atoms with Crippen LogP contribution in [-0.4, -0.2) is 70.7 Å². The molecule has 0 radical (unpaired) electrons. The topological polar surface area (TPSA) is 106 Å². The molecule has 3 aliphatic heterocycles. The molecular weight excluding hydrogens is 618 g/mol. The van der Waals surface area contributed by atoms with E-state index in [4.69, 9.17) is 20.8 Å². The number of likely N-dealkylation sites (tertiary alicyclic amines) is 1. The molecule has 0 unspecified atom stereocenters. The number of rotatable bonds is 9. The number of benzene rings is 3. The Bertz CT molecular complexity index is 2020. The fourth-order valence-corrected chi connectivity index (χ4v) is 8.89. The Morgan fingerprint density at radius 3 is 2.45 bits per heavy atom. The Labute approximate surface area is 273 Å². The molecule has 3 aromatic carbocycles. The van der Waals surface area contributed by atoms with E-state index in [0.717, 1.165) is 16.5 Å². The molecule has 3 atom stereocenters. The van der Waals surface area contributed by atoms with Crippen LogP contribution in [0.2, 0.25) is 0 Å². The zero-order chi connectivity index (χ0) is 32.9. The highest BCUT2D eigenvalue weighted by atomic mass is 32.2. The standard InChI is InChI=1S/C35H33N5O6S/c1-5-46-31-9-7-6-8-27(31)35(39-21-23-20-38(22-30(23)39)25-14-16-37-17-15-25)28-18-24(36-2)10-12-29(28)40(34(35)41)47(42,43)33-13-11-26(44-3)19-32(33)45-4/h6-19,23,30H,5,20-22H2,1,3-4H3/t23-,30-,35+/m1/s1. The number of pyridine rings is 1. The summed E-state index contributed by atoms with van der Waals surface area (Å²) in [6, 6.07) is 20.2. The van der Waals surface area contributed by atoms with E-state index in [2.05, 4.69) is 19.6 Å². The third kappa shape index (κ3) is 4.52.